The highest BCUT2D eigenvalue weighted by atomic mass is 32.2. The van der Waals surface area contributed by atoms with Crippen molar-refractivity contribution in [3.05, 3.63) is 0 Å². The smallest absolute Gasteiger partial charge is 0.313 e. The predicted molar refractivity (Wildman–Crippen MR) is 63.7 cm³/mol. The van der Waals surface area contributed by atoms with Crippen molar-refractivity contribution in [2.75, 3.05) is 31.6 Å². The van der Waals surface area contributed by atoms with Crippen LogP contribution in [0.4, 0.5) is 0 Å². The average molecular weight is 245 g/mol. The molecule has 2 atom stereocenters. The van der Waals surface area contributed by atoms with Crippen molar-refractivity contribution >= 4 is 17.7 Å². The topological polar surface area (TPSA) is 60.8 Å². The van der Waals surface area contributed by atoms with Gasteiger partial charge in [-0.2, -0.15) is 11.8 Å². The number of aliphatic carboxylic acids is 1. The number of carboxylic acid groups (broad SMARTS) is 1. The minimum absolute atomic E-state index is 0.486. The largest absolute Gasteiger partial charge is 0.481 e. The number of hydrogen-bond acceptors (Lipinski definition) is 4. The summed E-state index contributed by atoms with van der Waals surface area (Å²) in [5.74, 6) is 0.741. The summed E-state index contributed by atoms with van der Waals surface area (Å²) in [5.41, 5.74) is -1.97. The minimum Gasteiger partial charge on any atom is -0.481 e. The lowest BCUT2D eigenvalue weighted by molar-refractivity contribution is -0.166. The molecule has 0 saturated carbocycles. The Balaban J connectivity index is 2.28. The van der Waals surface area contributed by atoms with E-state index in [1.54, 1.807) is 11.8 Å². The molecule has 2 fully saturated rings. The highest BCUT2D eigenvalue weighted by molar-refractivity contribution is 7.99. The second-order valence-electron chi connectivity index (χ2n) is 5.06. The molecule has 92 valence electrons. The van der Waals surface area contributed by atoms with Crippen LogP contribution in [0.2, 0.25) is 0 Å². The summed E-state index contributed by atoms with van der Waals surface area (Å²) in [6, 6.07) is 0. The van der Waals surface area contributed by atoms with Crippen LogP contribution in [0, 0.1) is 5.41 Å². The molecule has 2 unspecified atom stereocenters. The van der Waals surface area contributed by atoms with Crippen LogP contribution in [0.5, 0.6) is 0 Å². The van der Waals surface area contributed by atoms with E-state index in [4.69, 9.17) is 0 Å². The first-order chi connectivity index (χ1) is 7.50. The summed E-state index contributed by atoms with van der Waals surface area (Å²) >= 11 is 1.66. The summed E-state index contributed by atoms with van der Waals surface area (Å²) in [7, 11) is 1.93. The monoisotopic (exact) mass is 245 g/mol. The van der Waals surface area contributed by atoms with E-state index < -0.39 is 17.0 Å². The van der Waals surface area contributed by atoms with Crippen LogP contribution >= 0.6 is 11.8 Å². The van der Waals surface area contributed by atoms with Gasteiger partial charge in [0.25, 0.3) is 0 Å². The fraction of sp³-hybridized carbons (Fsp3) is 0.909. The number of likely N-dealkylation sites (tertiary alicyclic amines) is 1. The molecule has 0 radical (unpaired) electrons. The second-order valence-corrected chi connectivity index (χ2v) is 6.17. The number of carbonyl (C=O) groups is 1. The van der Waals surface area contributed by atoms with Crippen LogP contribution in [0.25, 0.3) is 0 Å². The standard InChI is InChI=1S/C11H19NO3S/c1-12-5-4-11(15,7-12)10(9(13)14)3-2-6-16-8-10/h15H,2-8H2,1H3,(H,13,14). The lowest BCUT2D eigenvalue weighted by Crippen LogP contribution is -2.57. The molecule has 2 saturated heterocycles. The quantitative estimate of drug-likeness (QED) is 0.748. The minimum atomic E-state index is -1.04. The van der Waals surface area contributed by atoms with E-state index in [1.807, 2.05) is 11.9 Å². The SMILES string of the molecule is CN1CCC(O)(C2(C(=O)O)CCCSC2)C1. The number of likely N-dealkylation sites (N-methyl/N-ethyl adjacent to an activating group) is 1. The molecule has 0 aromatic rings. The van der Waals surface area contributed by atoms with Crippen molar-refractivity contribution in [1.82, 2.24) is 4.90 Å². The van der Waals surface area contributed by atoms with E-state index in [9.17, 15) is 15.0 Å². The first-order valence-corrected chi connectivity index (χ1v) is 6.88. The fourth-order valence-corrected chi connectivity index (χ4v) is 4.28. The zero-order valence-electron chi connectivity index (χ0n) is 9.61. The third-order valence-corrected chi connectivity index (χ3v) is 5.25. The van der Waals surface area contributed by atoms with E-state index in [0.29, 0.717) is 25.1 Å². The van der Waals surface area contributed by atoms with Gasteiger partial charge in [0.15, 0.2) is 0 Å². The van der Waals surface area contributed by atoms with E-state index in [1.165, 1.54) is 0 Å². The van der Waals surface area contributed by atoms with Gasteiger partial charge in [-0.3, -0.25) is 4.79 Å². The maximum Gasteiger partial charge on any atom is 0.313 e. The Morgan fingerprint density at radius 1 is 1.44 bits per heavy atom. The van der Waals surface area contributed by atoms with Crippen molar-refractivity contribution < 1.29 is 15.0 Å². The third kappa shape index (κ3) is 1.75. The normalized spacial score (nSPS) is 41.1. The summed E-state index contributed by atoms with van der Waals surface area (Å²) in [4.78, 5) is 13.6. The molecule has 0 aliphatic carbocycles. The van der Waals surface area contributed by atoms with Gasteiger partial charge in [0.05, 0.1) is 5.60 Å². The number of hydrogen-bond donors (Lipinski definition) is 2. The van der Waals surface area contributed by atoms with Crippen molar-refractivity contribution in [2.45, 2.75) is 24.9 Å². The van der Waals surface area contributed by atoms with E-state index in [-0.39, 0.29) is 0 Å². The first-order valence-electron chi connectivity index (χ1n) is 5.72. The Bertz CT molecular complexity index is 291. The van der Waals surface area contributed by atoms with Gasteiger partial charge in [-0.1, -0.05) is 0 Å². The van der Waals surface area contributed by atoms with Gasteiger partial charge in [-0.05, 0) is 32.1 Å². The van der Waals surface area contributed by atoms with Gasteiger partial charge < -0.3 is 15.1 Å². The molecule has 5 heteroatoms. The molecule has 0 aromatic carbocycles. The van der Waals surface area contributed by atoms with Crippen LogP contribution in [0.1, 0.15) is 19.3 Å². The van der Waals surface area contributed by atoms with Crippen LogP contribution in [-0.2, 0) is 4.79 Å². The Morgan fingerprint density at radius 3 is 2.62 bits per heavy atom. The highest BCUT2D eigenvalue weighted by Gasteiger charge is 2.58. The molecule has 2 aliphatic heterocycles. The molecule has 2 heterocycles. The number of aliphatic hydroxyl groups is 1. The van der Waals surface area contributed by atoms with Crippen molar-refractivity contribution in [3.8, 4) is 0 Å². The molecule has 0 amide bonds. The van der Waals surface area contributed by atoms with E-state index >= 15 is 0 Å². The molecule has 0 aromatic heterocycles. The van der Waals surface area contributed by atoms with Crippen molar-refractivity contribution in [1.29, 1.82) is 0 Å². The van der Waals surface area contributed by atoms with Crippen LogP contribution in [0.3, 0.4) is 0 Å². The summed E-state index contributed by atoms with van der Waals surface area (Å²) in [5, 5.41) is 20.2. The van der Waals surface area contributed by atoms with E-state index in [0.717, 1.165) is 18.7 Å². The average Bonchev–Trinajstić information content (AvgIpc) is 2.61. The number of carboxylic acids is 1. The van der Waals surface area contributed by atoms with Gasteiger partial charge >= 0.3 is 5.97 Å². The summed E-state index contributed by atoms with van der Waals surface area (Å²) in [6.07, 6.45) is 2.08. The molecule has 2 aliphatic rings. The number of β-amino-alcohol motifs (C(OH)–C–C–N with tert-alkyl or cyclic N) is 1. The molecule has 0 spiro atoms. The van der Waals surface area contributed by atoms with Crippen LogP contribution in [0.15, 0.2) is 0 Å². The maximum absolute atomic E-state index is 11.6. The summed E-state index contributed by atoms with van der Waals surface area (Å²) in [6.45, 7) is 1.27. The van der Waals surface area contributed by atoms with Gasteiger partial charge in [0.2, 0.25) is 0 Å². The Labute approximate surface area is 100 Å². The highest BCUT2D eigenvalue weighted by Crippen LogP contribution is 2.47. The Morgan fingerprint density at radius 2 is 2.19 bits per heavy atom. The van der Waals surface area contributed by atoms with Crippen LogP contribution < -0.4 is 0 Å². The lowest BCUT2D eigenvalue weighted by Gasteiger charge is -2.44. The van der Waals surface area contributed by atoms with Gasteiger partial charge in [0.1, 0.15) is 5.41 Å². The molecular weight excluding hydrogens is 226 g/mol. The molecule has 0 bridgehead atoms. The Kier molecular flexibility index (Phi) is 3.20. The molecule has 16 heavy (non-hydrogen) atoms. The maximum atomic E-state index is 11.6. The molecule has 2 N–H and O–H groups in total. The van der Waals surface area contributed by atoms with Gasteiger partial charge in [0, 0.05) is 18.8 Å². The van der Waals surface area contributed by atoms with Gasteiger partial charge in [-0.25, -0.2) is 0 Å². The lowest BCUT2D eigenvalue weighted by atomic mass is 9.69. The zero-order chi connectivity index (χ0) is 11.8. The zero-order valence-corrected chi connectivity index (χ0v) is 10.4. The van der Waals surface area contributed by atoms with Crippen LogP contribution in [-0.4, -0.2) is 58.3 Å². The molecule has 4 nitrogen and oxygen atoms in total. The number of thioether (sulfide) groups is 1. The van der Waals surface area contributed by atoms with Crippen molar-refractivity contribution in [2.24, 2.45) is 5.41 Å². The Hall–Kier alpha value is -0.260. The van der Waals surface area contributed by atoms with Crippen molar-refractivity contribution in [3.63, 3.8) is 0 Å². The van der Waals surface area contributed by atoms with E-state index in [2.05, 4.69) is 0 Å². The predicted octanol–water partition coefficient (Wildman–Crippen LogP) is 0.651. The summed E-state index contributed by atoms with van der Waals surface area (Å²) < 4.78 is 0. The van der Waals surface area contributed by atoms with Gasteiger partial charge in [-0.15, -0.1) is 0 Å². The third-order valence-electron chi connectivity index (χ3n) is 3.98. The molecular formula is C11H19NO3S. The number of nitrogens with zero attached hydrogens (tertiary/aromatic N) is 1. The first kappa shape index (κ1) is 12.2. The number of rotatable bonds is 2. The fourth-order valence-electron chi connectivity index (χ4n) is 2.90. The second kappa shape index (κ2) is 4.20. The molecule has 2 rings (SSSR count).